The molecule has 0 radical (unpaired) electrons. The predicted octanol–water partition coefficient (Wildman–Crippen LogP) is 4.23. The highest BCUT2D eigenvalue weighted by atomic mass is 32.1. The van der Waals surface area contributed by atoms with E-state index in [0.717, 1.165) is 6.54 Å². The van der Waals surface area contributed by atoms with Gasteiger partial charge in [-0.15, -0.1) is 11.3 Å². The van der Waals surface area contributed by atoms with Crippen LogP contribution in [0.4, 0.5) is 0 Å². The molecule has 0 aliphatic rings. The summed E-state index contributed by atoms with van der Waals surface area (Å²) in [5, 5.41) is 5.71. The molecule has 0 aromatic carbocycles. The summed E-state index contributed by atoms with van der Waals surface area (Å²) in [7, 11) is 0. The summed E-state index contributed by atoms with van der Waals surface area (Å²) in [4.78, 5) is 1.44. The van der Waals surface area contributed by atoms with E-state index in [2.05, 4.69) is 50.5 Å². The third kappa shape index (κ3) is 5.33. The van der Waals surface area contributed by atoms with Crippen molar-refractivity contribution >= 4 is 11.3 Å². The third-order valence-electron chi connectivity index (χ3n) is 2.52. The molecule has 1 N–H and O–H groups in total. The van der Waals surface area contributed by atoms with E-state index in [1.807, 2.05) is 11.3 Å². The standard InChI is InChI=1S/C13H23NS/c1-11(12-7-5-10-15-12)14-9-6-8-13(2,3)4/h5,7,10-11,14H,6,8-9H2,1-4H3. The Hall–Kier alpha value is -0.340. The first-order valence-corrected chi connectivity index (χ1v) is 6.64. The van der Waals surface area contributed by atoms with Crippen LogP contribution in [0.1, 0.15) is 51.5 Å². The first kappa shape index (κ1) is 12.7. The Morgan fingerprint density at radius 1 is 1.40 bits per heavy atom. The summed E-state index contributed by atoms with van der Waals surface area (Å²) in [6.07, 6.45) is 2.55. The fraction of sp³-hybridized carbons (Fsp3) is 0.692. The molecule has 1 aromatic heterocycles. The molecule has 0 aliphatic heterocycles. The van der Waals surface area contributed by atoms with E-state index in [1.54, 1.807) is 0 Å². The van der Waals surface area contributed by atoms with Crippen molar-refractivity contribution in [1.29, 1.82) is 0 Å². The van der Waals surface area contributed by atoms with Crippen LogP contribution in [0.5, 0.6) is 0 Å². The molecule has 0 saturated heterocycles. The Kier molecular flexibility index (Phi) is 4.81. The Balaban J connectivity index is 2.16. The highest BCUT2D eigenvalue weighted by molar-refractivity contribution is 7.10. The summed E-state index contributed by atoms with van der Waals surface area (Å²) >= 11 is 1.83. The number of hydrogen-bond donors (Lipinski definition) is 1. The molecule has 0 saturated carbocycles. The van der Waals surface area contributed by atoms with Crippen LogP contribution in [0.25, 0.3) is 0 Å². The van der Waals surface area contributed by atoms with Gasteiger partial charge in [0.25, 0.3) is 0 Å². The van der Waals surface area contributed by atoms with Crippen molar-refractivity contribution in [3.63, 3.8) is 0 Å². The van der Waals surface area contributed by atoms with Crippen LogP contribution in [-0.2, 0) is 0 Å². The first-order valence-electron chi connectivity index (χ1n) is 5.76. The largest absolute Gasteiger partial charge is 0.309 e. The van der Waals surface area contributed by atoms with Crippen LogP contribution < -0.4 is 5.32 Å². The van der Waals surface area contributed by atoms with Crippen molar-refractivity contribution in [3.05, 3.63) is 22.4 Å². The van der Waals surface area contributed by atoms with Gasteiger partial charge in [0.15, 0.2) is 0 Å². The maximum Gasteiger partial charge on any atom is 0.0386 e. The van der Waals surface area contributed by atoms with E-state index in [0.29, 0.717) is 11.5 Å². The van der Waals surface area contributed by atoms with Crippen molar-refractivity contribution in [2.24, 2.45) is 5.41 Å². The Morgan fingerprint density at radius 2 is 2.13 bits per heavy atom. The lowest BCUT2D eigenvalue weighted by Crippen LogP contribution is -2.20. The third-order valence-corrected chi connectivity index (χ3v) is 3.58. The number of nitrogens with one attached hydrogen (secondary N) is 1. The van der Waals surface area contributed by atoms with Gasteiger partial charge in [0, 0.05) is 10.9 Å². The normalized spacial score (nSPS) is 14.1. The lowest BCUT2D eigenvalue weighted by molar-refractivity contribution is 0.357. The predicted molar refractivity (Wildman–Crippen MR) is 69.4 cm³/mol. The molecule has 0 aliphatic carbocycles. The van der Waals surface area contributed by atoms with Gasteiger partial charge in [-0.1, -0.05) is 26.8 Å². The van der Waals surface area contributed by atoms with Crippen molar-refractivity contribution in [3.8, 4) is 0 Å². The lowest BCUT2D eigenvalue weighted by Gasteiger charge is -2.19. The topological polar surface area (TPSA) is 12.0 Å². The number of thiophene rings is 1. The molecule has 1 aromatic rings. The Labute approximate surface area is 97.9 Å². The van der Waals surface area contributed by atoms with Gasteiger partial charge in [0.05, 0.1) is 0 Å². The van der Waals surface area contributed by atoms with Crippen molar-refractivity contribution in [1.82, 2.24) is 5.32 Å². The first-order chi connectivity index (χ1) is 6.99. The molecular formula is C13H23NS. The molecule has 1 rings (SSSR count). The molecule has 0 bridgehead atoms. The second-order valence-corrected chi connectivity index (χ2v) is 6.33. The van der Waals surface area contributed by atoms with Gasteiger partial charge in [0.2, 0.25) is 0 Å². The van der Waals surface area contributed by atoms with E-state index < -0.39 is 0 Å². The van der Waals surface area contributed by atoms with Gasteiger partial charge in [-0.3, -0.25) is 0 Å². The molecule has 1 unspecified atom stereocenters. The second kappa shape index (κ2) is 5.66. The molecule has 1 nitrogen and oxygen atoms in total. The summed E-state index contributed by atoms with van der Waals surface area (Å²) < 4.78 is 0. The van der Waals surface area contributed by atoms with Crippen LogP contribution in [-0.4, -0.2) is 6.54 Å². The van der Waals surface area contributed by atoms with E-state index >= 15 is 0 Å². The monoisotopic (exact) mass is 225 g/mol. The van der Waals surface area contributed by atoms with E-state index in [4.69, 9.17) is 0 Å². The molecule has 1 heterocycles. The van der Waals surface area contributed by atoms with Crippen molar-refractivity contribution in [2.75, 3.05) is 6.54 Å². The maximum absolute atomic E-state index is 3.57. The molecule has 0 fully saturated rings. The zero-order chi connectivity index (χ0) is 11.3. The highest BCUT2D eigenvalue weighted by Crippen LogP contribution is 2.21. The van der Waals surface area contributed by atoms with Crippen LogP contribution >= 0.6 is 11.3 Å². The fourth-order valence-electron chi connectivity index (χ4n) is 1.58. The summed E-state index contributed by atoms with van der Waals surface area (Å²) in [5.41, 5.74) is 0.466. The van der Waals surface area contributed by atoms with Gasteiger partial charge in [0.1, 0.15) is 0 Å². The maximum atomic E-state index is 3.57. The average Bonchev–Trinajstić information content (AvgIpc) is 2.63. The molecular weight excluding hydrogens is 202 g/mol. The SMILES string of the molecule is CC(NCCCC(C)(C)C)c1cccs1. The summed E-state index contributed by atoms with van der Waals surface area (Å²) in [6.45, 7) is 10.3. The van der Waals surface area contributed by atoms with Gasteiger partial charge >= 0.3 is 0 Å². The van der Waals surface area contributed by atoms with E-state index in [1.165, 1.54) is 17.7 Å². The van der Waals surface area contributed by atoms with Gasteiger partial charge < -0.3 is 5.32 Å². The Bertz CT molecular complexity index is 259. The van der Waals surface area contributed by atoms with E-state index in [9.17, 15) is 0 Å². The molecule has 0 spiro atoms. The van der Waals surface area contributed by atoms with Gasteiger partial charge in [-0.25, -0.2) is 0 Å². The quantitative estimate of drug-likeness (QED) is 0.740. The average molecular weight is 225 g/mol. The number of hydrogen-bond acceptors (Lipinski definition) is 2. The molecule has 15 heavy (non-hydrogen) atoms. The summed E-state index contributed by atoms with van der Waals surface area (Å²) in [6, 6.07) is 4.82. The van der Waals surface area contributed by atoms with E-state index in [-0.39, 0.29) is 0 Å². The Morgan fingerprint density at radius 3 is 2.67 bits per heavy atom. The molecule has 2 heteroatoms. The minimum Gasteiger partial charge on any atom is -0.309 e. The smallest absolute Gasteiger partial charge is 0.0386 e. The minimum absolute atomic E-state index is 0.466. The van der Waals surface area contributed by atoms with Crippen molar-refractivity contribution < 1.29 is 0 Å². The van der Waals surface area contributed by atoms with Gasteiger partial charge in [-0.05, 0) is 43.2 Å². The van der Waals surface area contributed by atoms with Crippen LogP contribution in [0.2, 0.25) is 0 Å². The molecule has 0 amide bonds. The van der Waals surface area contributed by atoms with Crippen molar-refractivity contribution in [2.45, 2.75) is 46.6 Å². The molecule has 1 atom stereocenters. The lowest BCUT2D eigenvalue weighted by atomic mass is 9.90. The van der Waals surface area contributed by atoms with Crippen LogP contribution in [0, 0.1) is 5.41 Å². The van der Waals surface area contributed by atoms with Gasteiger partial charge in [-0.2, -0.15) is 0 Å². The minimum atomic E-state index is 0.466. The second-order valence-electron chi connectivity index (χ2n) is 5.36. The zero-order valence-corrected chi connectivity index (χ0v) is 11.2. The summed E-state index contributed by atoms with van der Waals surface area (Å²) in [5.74, 6) is 0. The fourth-order valence-corrected chi connectivity index (χ4v) is 2.33. The van der Waals surface area contributed by atoms with Crippen LogP contribution in [0.15, 0.2) is 17.5 Å². The number of rotatable bonds is 5. The highest BCUT2D eigenvalue weighted by Gasteiger charge is 2.10. The molecule has 86 valence electrons. The van der Waals surface area contributed by atoms with Crippen LogP contribution in [0.3, 0.4) is 0 Å². The zero-order valence-electron chi connectivity index (χ0n) is 10.3.